The van der Waals surface area contributed by atoms with Crippen LogP contribution in [0.15, 0.2) is 23.1 Å². The van der Waals surface area contributed by atoms with Gasteiger partial charge in [0.1, 0.15) is 0 Å². The van der Waals surface area contributed by atoms with E-state index < -0.39 is 15.4 Å². The number of sulfone groups is 1. The smallest absolute Gasteiger partial charge is 0.221 e. The maximum absolute atomic E-state index is 12.5. The third-order valence-corrected chi connectivity index (χ3v) is 6.44. The molecule has 0 aliphatic carbocycles. The molecule has 2 rings (SSSR count). The van der Waals surface area contributed by atoms with Crippen LogP contribution in [-0.4, -0.2) is 45.4 Å². The summed E-state index contributed by atoms with van der Waals surface area (Å²) in [4.78, 5) is 12.1. The Labute approximate surface area is 155 Å². The van der Waals surface area contributed by atoms with Crippen molar-refractivity contribution in [3.63, 3.8) is 0 Å². The zero-order valence-electron chi connectivity index (χ0n) is 15.4. The number of nitrogens with two attached hydrogens (primary N) is 1. The number of ether oxygens (including phenoxy) is 2. The molecule has 1 amide bonds. The van der Waals surface area contributed by atoms with Crippen LogP contribution in [0.2, 0.25) is 0 Å². The summed E-state index contributed by atoms with van der Waals surface area (Å²) in [6.45, 7) is 5.28. The largest absolute Gasteiger partial charge is 0.490 e. The highest BCUT2D eigenvalue weighted by Gasteiger charge is 2.23. The monoisotopic (exact) mass is 384 g/mol. The molecule has 0 aromatic heterocycles. The van der Waals surface area contributed by atoms with Gasteiger partial charge in [0.05, 0.1) is 23.9 Å². The van der Waals surface area contributed by atoms with Gasteiger partial charge < -0.3 is 20.5 Å². The molecule has 1 aromatic rings. The average Bonchev–Trinajstić information content (AvgIpc) is 2.89. The van der Waals surface area contributed by atoms with Crippen LogP contribution in [0, 0.1) is 0 Å². The van der Waals surface area contributed by atoms with Crippen LogP contribution in [0.25, 0.3) is 0 Å². The molecule has 0 saturated carbocycles. The summed E-state index contributed by atoms with van der Waals surface area (Å²) < 4.78 is 36.1. The van der Waals surface area contributed by atoms with E-state index in [1.807, 2.05) is 13.8 Å². The lowest BCUT2D eigenvalue weighted by Gasteiger charge is -2.26. The van der Waals surface area contributed by atoms with Crippen LogP contribution < -0.4 is 20.5 Å². The Kier molecular flexibility index (Phi) is 6.88. The molecule has 1 heterocycles. The van der Waals surface area contributed by atoms with Gasteiger partial charge in [0.15, 0.2) is 21.3 Å². The van der Waals surface area contributed by atoms with E-state index in [-0.39, 0.29) is 23.0 Å². The number of hydrogen-bond donors (Lipinski definition) is 2. The number of fused-ring (bicyclic) bond motifs is 1. The van der Waals surface area contributed by atoms with Crippen molar-refractivity contribution in [2.45, 2.75) is 50.0 Å². The topological polar surface area (TPSA) is 108 Å². The predicted molar refractivity (Wildman–Crippen MR) is 99.2 cm³/mol. The first kappa shape index (κ1) is 20.5. The second-order valence-electron chi connectivity index (χ2n) is 6.57. The van der Waals surface area contributed by atoms with Gasteiger partial charge in [-0.05, 0) is 25.0 Å². The lowest BCUT2D eigenvalue weighted by Crippen LogP contribution is -2.49. The van der Waals surface area contributed by atoms with Crippen molar-refractivity contribution >= 4 is 15.7 Å². The molecule has 3 N–H and O–H groups in total. The lowest BCUT2D eigenvalue weighted by atomic mass is 9.94. The van der Waals surface area contributed by atoms with E-state index in [4.69, 9.17) is 15.2 Å². The molecule has 0 saturated heterocycles. The van der Waals surface area contributed by atoms with Crippen LogP contribution >= 0.6 is 0 Å². The third kappa shape index (κ3) is 5.35. The Balaban J connectivity index is 1.96. The Hall–Kier alpha value is -1.80. The second kappa shape index (κ2) is 8.73. The van der Waals surface area contributed by atoms with E-state index >= 15 is 0 Å². The highest BCUT2D eigenvalue weighted by molar-refractivity contribution is 7.91. The van der Waals surface area contributed by atoms with Crippen LogP contribution in [-0.2, 0) is 14.6 Å². The maximum Gasteiger partial charge on any atom is 0.221 e. The molecular weight excluding hydrogens is 356 g/mol. The van der Waals surface area contributed by atoms with Gasteiger partial charge in [-0.25, -0.2) is 8.42 Å². The first-order valence-electron chi connectivity index (χ1n) is 8.97. The summed E-state index contributed by atoms with van der Waals surface area (Å²) in [5.74, 6) is 0.373. The number of nitrogens with one attached hydrogen (secondary N) is 1. The second-order valence-corrected chi connectivity index (χ2v) is 8.68. The molecular formula is C18H28N2O5S. The lowest BCUT2D eigenvalue weighted by molar-refractivity contribution is -0.121. The summed E-state index contributed by atoms with van der Waals surface area (Å²) in [6.07, 6.45) is 2.11. The minimum absolute atomic E-state index is 0.111. The van der Waals surface area contributed by atoms with E-state index in [1.165, 1.54) is 12.1 Å². The fraction of sp³-hybridized carbons (Fsp3) is 0.611. The molecule has 1 aliphatic rings. The van der Waals surface area contributed by atoms with Crippen molar-refractivity contribution in [3.05, 3.63) is 18.2 Å². The molecule has 0 radical (unpaired) electrons. The van der Waals surface area contributed by atoms with Crippen LogP contribution in [0.1, 0.15) is 39.5 Å². The van der Waals surface area contributed by atoms with Gasteiger partial charge in [0, 0.05) is 31.0 Å². The average molecular weight is 384 g/mol. The van der Waals surface area contributed by atoms with Crippen LogP contribution in [0.3, 0.4) is 0 Å². The van der Waals surface area contributed by atoms with Crippen molar-refractivity contribution in [2.75, 3.05) is 25.5 Å². The zero-order valence-corrected chi connectivity index (χ0v) is 16.2. The number of benzene rings is 1. The summed E-state index contributed by atoms with van der Waals surface area (Å²) in [5.41, 5.74) is 5.68. The van der Waals surface area contributed by atoms with E-state index in [1.54, 1.807) is 6.07 Å². The molecule has 1 aliphatic heterocycles. The minimum atomic E-state index is -3.59. The third-order valence-electron chi connectivity index (χ3n) is 4.72. The van der Waals surface area contributed by atoms with E-state index in [9.17, 15) is 13.2 Å². The number of rotatable bonds is 8. The van der Waals surface area contributed by atoms with E-state index in [0.29, 0.717) is 31.3 Å². The summed E-state index contributed by atoms with van der Waals surface area (Å²) in [7, 11) is -3.59. The van der Waals surface area contributed by atoms with Crippen LogP contribution in [0.4, 0.5) is 0 Å². The molecule has 0 spiro atoms. The minimum Gasteiger partial charge on any atom is -0.490 e. The van der Waals surface area contributed by atoms with Crippen molar-refractivity contribution in [1.82, 2.24) is 5.32 Å². The number of carbonyl (C=O) groups is 1. The fourth-order valence-electron chi connectivity index (χ4n) is 2.54. The van der Waals surface area contributed by atoms with Gasteiger partial charge in [0.25, 0.3) is 0 Å². The molecule has 7 nitrogen and oxygen atoms in total. The van der Waals surface area contributed by atoms with Crippen molar-refractivity contribution in [1.29, 1.82) is 0 Å². The molecule has 8 heteroatoms. The van der Waals surface area contributed by atoms with E-state index in [2.05, 4.69) is 5.32 Å². The van der Waals surface area contributed by atoms with Crippen molar-refractivity contribution < 1.29 is 22.7 Å². The molecule has 146 valence electrons. The predicted octanol–water partition coefficient (Wildman–Crippen LogP) is 1.65. The van der Waals surface area contributed by atoms with Gasteiger partial charge >= 0.3 is 0 Å². The zero-order chi connectivity index (χ0) is 19.2. The SMILES string of the molecule is CCC(N)(CC)CNC(=O)CCS(=O)(=O)c1ccc2c(c1)OCCCO2. The van der Waals surface area contributed by atoms with Gasteiger partial charge in [0.2, 0.25) is 5.91 Å². The Bertz CT molecular complexity index is 729. The van der Waals surface area contributed by atoms with Gasteiger partial charge in [-0.2, -0.15) is 0 Å². The summed E-state index contributed by atoms with van der Waals surface area (Å²) in [6, 6.07) is 4.55. The van der Waals surface area contributed by atoms with Crippen LogP contribution in [0.5, 0.6) is 11.5 Å². The Morgan fingerprint density at radius 2 is 1.85 bits per heavy atom. The number of hydrogen-bond acceptors (Lipinski definition) is 6. The molecule has 0 atom stereocenters. The molecule has 26 heavy (non-hydrogen) atoms. The first-order chi connectivity index (χ1) is 12.3. The van der Waals surface area contributed by atoms with Gasteiger partial charge in [-0.1, -0.05) is 13.8 Å². The maximum atomic E-state index is 12.5. The quantitative estimate of drug-likeness (QED) is 0.705. The van der Waals surface area contributed by atoms with E-state index in [0.717, 1.165) is 19.3 Å². The number of carbonyl (C=O) groups excluding carboxylic acids is 1. The Morgan fingerprint density at radius 1 is 1.19 bits per heavy atom. The van der Waals surface area contributed by atoms with Crippen molar-refractivity contribution in [3.8, 4) is 11.5 Å². The summed E-state index contributed by atoms with van der Waals surface area (Å²) >= 11 is 0. The number of amides is 1. The molecule has 0 unspecified atom stereocenters. The van der Waals surface area contributed by atoms with Gasteiger partial charge in [-0.3, -0.25) is 4.79 Å². The fourth-order valence-corrected chi connectivity index (χ4v) is 3.80. The first-order valence-corrected chi connectivity index (χ1v) is 10.6. The Morgan fingerprint density at radius 3 is 2.50 bits per heavy atom. The van der Waals surface area contributed by atoms with Crippen molar-refractivity contribution in [2.24, 2.45) is 5.73 Å². The highest BCUT2D eigenvalue weighted by Crippen LogP contribution is 2.32. The molecule has 1 aromatic carbocycles. The molecule has 0 fully saturated rings. The van der Waals surface area contributed by atoms with Gasteiger partial charge in [-0.15, -0.1) is 0 Å². The molecule has 0 bridgehead atoms. The normalized spacial score (nSPS) is 14.6. The summed E-state index contributed by atoms with van der Waals surface area (Å²) in [5, 5.41) is 2.73. The standard InChI is InChI=1S/C18H28N2O5S/c1-3-18(19,4-2)13-20-17(21)8-11-26(22,23)14-6-7-15-16(12-14)25-10-5-9-24-15/h6-7,12H,3-5,8-11,13,19H2,1-2H3,(H,20,21). The highest BCUT2D eigenvalue weighted by atomic mass is 32.2.